The second kappa shape index (κ2) is 12.0. The Morgan fingerprint density at radius 3 is 2.41 bits per heavy atom. The van der Waals surface area contributed by atoms with Crippen LogP contribution in [-0.2, 0) is 9.59 Å². The number of methoxy groups -OCH3 is 1. The van der Waals surface area contributed by atoms with Crippen LogP contribution < -0.4 is 20.2 Å². The molecule has 0 aliphatic heterocycles. The zero-order chi connectivity index (χ0) is 24.5. The van der Waals surface area contributed by atoms with Crippen molar-refractivity contribution in [1.82, 2.24) is 10.7 Å². The van der Waals surface area contributed by atoms with Crippen LogP contribution in [-0.4, -0.2) is 37.8 Å². The maximum Gasteiger partial charge on any atom is 0.262 e. The molecule has 7 nitrogen and oxygen atoms in total. The molecule has 0 saturated heterocycles. The minimum atomic E-state index is -0.744. The SMILES string of the molecule is COc1ccc(/C=N\NC(=O)[C@H](CC(C)C)NC(=O)COc2ccc(Cl)cc2)c2ccccc12. The molecule has 1 atom stereocenters. The topological polar surface area (TPSA) is 89.0 Å². The molecule has 2 amide bonds. The first kappa shape index (κ1) is 25.1. The second-order valence-corrected chi connectivity index (χ2v) is 8.57. The van der Waals surface area contributed by atoms with Gasteiger partial charge in [0.25, 0.3) is 11.8 Å². The van der Waals surface area contributed by atoms with Gasteiger partial charge in [0.05, 0.1) is 13.3 Å². The van der Waals surface area contributed by atoms with Gasteiger partial charge in [0.2, 0.25) is 0 Å². The number of amides is 2. The average Bonchev–Trinajstić information content (AvgIpc) is 2.83. The van der Waals surface area contributed by atoms with Crippen LogP contribution in [0.5, 0.6) is 11.5 Å². The van der Waals surface area contributed by atoms with Crippen LogP contribution in [0.2, 0.25) is 5.02 Å². The lowest BCUT2D eigenvalue weighted by Crippen LogP contribution is -2.47. The van der Waals surface area contributed by atoms with Gasteiger partial charge in [0.1, 0.15) is 17.5 Å². The molecule has 0 aromatic heterocycles. The fraction of sp³-hybridized carbons (Fsp3) is 0.269. The van der Waals surface area contributed by atoms with Gasteiger partial charge in [-0.05, 0) is 54.1 Å². The Balaban J connectivity index is 1.63. The number of halogens is 1. The summed E-state index contributed by atoms with van der Waals surface area (Å²) in [5.74, 6) is 0.657. The van der Waals surface area contributed by atoms with Gasteiger partial charge >= 0.3 is 0 Å². The molecule has 0 aliphatic carbocycles. The Kier molecular flexibility index (Phi) is 8.87. The number of hydrazone groups is 1. The second-order valence-electron chi connectivity index (χ2n) is 8.13. The summed E-state index contributed by atoms with van der Waals surface area (Å²) >= 11 is 5.85. The first-order valence-electron chi connectivity index (χ1n) is 10.9. The van der Waals surface area contributed by atoms with Crippen LogP contribution in [0.25, 0.3) is 10.8 Å². The summed E-state index contributed by atoms with van der Waals surface area (Å²) in [5, 5.41) is 9.33. The predicted octanol–water partition coefficient (Wildman–Crippen LogP) is 4.56. The number of hydrogen-bond acceptors (Lipinski definition) is 5. The van der Waals surface area contributed by atoms with Crippen molar-refractivity contribution >= 4 is 40.4 Å². The molecular weight excluding hydrogens is 454 g/mol. The fourth-order valence-corrected chi connectivity index (χ4v) is 3.57. The lowest BCUT2D eigenvalue weighted by Gasteiger charge is -2.19. The largest absolute Gasteiger partial charge is 0.496 e. The molecule has 0 bridgehead atoms. The normalized spacial score (nSPS) is 12.0. The van der Waals surface area contributed by atoms with Gasteiger partial charge in [-0.3, -0.25) is 9.59 Å². The highest BCUT2D eigenvalue weighted by Crippen LogP contribution is 2.27. The third-order valence-electron chi connectivity index (χ3n) is 5.06. The van der Waals surface area contributed by atoms with Gasteiger partial charge in [-0.2, -0.15) is 5.10 Å². The highest BCUT2D eigenvalue weighted by Gasteiger charge is 2.22. The monoisotopic (exact) mass is 481 g/mol. The van der Waals surface area contributed by atoms with Crippen molar-refractivity contribution < 1.29 is 19.1 Å². The van der Waals surface area contributed by atoms with E-state index in [1.165, 1.54) is 0 Å². The Hall–Kier alpha value is -3.58. The summed E-state index contributed by atoms with van der Waals surface area (Å²) in [6.45, 7) is 3.73. The molecule has 34 heavy (non-hydrogen) atoms. The first-order chi connectivity index (χ1) is 16.4. The quantitative estimate of drug-likeness (QED) is 0.328. The van der Waals surface area contributed by atoms with Crippen molar-refractivity contribution in [1.29, 1.82) is 0 Å². The number of hydrogen-bond donors (Lipinski definition) is 2. The maximum atomic E-state index is 12.8. The summed E-state index contributed by atoms with van der Waals surface area (Å²) in [7, 11) is 1.62. The molecule has 0 spiro atoms. The van der Waals surface area contributed by atoms with Crippen molar-refractivity contribution in [3.63, 3.8) is 0 Å². The van der Waals surface area contributed by atoms with Crippen molar-refractivity contribution in [2.45, 2.75) is 26.3 Å². The molecule has 0 heterocycles. The third-order valence-corrected chi connectivity index (χ3v) is 5.31. The number of ether oxygens (including phenoxy) is 2. The number of carbonyl (C=O) groups excluding carboxylic acids is 2. The molecule has 8 heteroatoms. The van der Waals surface area contributed by atoms with E-state index >= 15 is 0 Å². The fourth-order valence-electron chi connectivity index (χ4n) is 3.45. The average molecular weight is 482 g/mol. The molecule has 0 unspecified atom stereocenters. The number of rotatable bonds is 10. The Morgan fingerprint density at radius 2 is 1.74 bits per heavy atom. The Labute approximate surface area is 204 Å². The molecule has 0 fully saturated rings. The van der Waals surface area contributed by atoms with Crippen LogP contribution in [0.1, 0.15) is 25.8 Å². The summed E-state index contributed by atoms with van der Waals surface area (Å²) in [5.41, 5.74) is 3.38. The summed E-state index contributed by atoms with van der Waals surface area (Å²) in [4.78, 5) is 25.2. The molecule has 3 aromatic carbocycles. The summed E-state index contributed by atoms with van der Waals surface area (Å²) in [6.07, 6.45) is 2.04. The summed E-state index contributed by atoms with van der Waals surface area (Å²) in [6, 6.07) is 17.5. The van der Waals surface area contributed by atoms with Crippen molar-refractivity contribution in [3.05, 3.63) is 71.2 Å². The van der Waals surface area contributed by atoms with Gasteiger partial charge in [0, 0.05) is 16.0 Å². The van der Waals surface area contributed by atoms with Crippen molar-refractivity contribution in [2.75, 3.05) is 13.7 Å². The van der Waals surface area contributed by atoms with E-state index in [2.05, 4.69) is 15.8 Å². The van der Waals surface area contributed by atoms with E-state index in [0.717, 1.165) is 22.1 Å². The highest BCUT2D eigenvalue weighted by atomic mass is 35.5. The lowest BCUT2D eigenvalue weighted by atomic mass is 10.0. The minimum absolute atomic E-state index is 0.183. The van der Waals surface area contributed by atoms with E-state index < -0.39 is 17.9 Å². The Bertz CT molecular complexity index is 1160. The minimum Gasteiger partial charge on any atom is -0.496 e. The predicted molar refractivity (Wildman–Crippen MR) is 135 cm³/mol. The number of fused-ring (bicyclic) bond motifs is 1. The number of nitrogens with zero attached hydrogens (tertiary/aromatic N) is 1. The standard InChI is InChI=1S/C26H28ClN3O4/c1-17(2)14-23(29-25(31)16-34-20-11-9-19(27)10-12-20)26(32)30-28-15-18-8-13-24(33-3)22-7-5-4-6-21(18)22/h4-13,15,17,23H,14,16H2,1-3H3,(H,29,31)(H,30,32)/b28-15-/t23-/m0/s1. The van der Waals surface area contributed by atoms with Gasteiger partial charge in [-0.1, -0.05) is 49.7 Å². The lowest BCUT2D eigenvalue weighted by molar-refractivity contribution is -0.130. The van der Waals surface area contributed by atoms with Gasteiger partial charge in [0.15, 0.2) is 6.61 Å². The van der Waals surface area contributed by atoms with E-state index in [9.17, 15) is 9.59 Å². The molecule has 3 rings (SSSR count). The smallest absolute Gasteiger partial charge is 0.262 e. The van der Waals surface area contributed by atoms with E-state index in [1.807, 2.05) is 50.2 Å². The first-order valence-corrected chi connectivity index (χ1v) is 11.3. The molecule has 178 valence electrons. The third kappa shape index (κ3) is 6.96. The molecular formula is C26H28ClN3O4. The zero-order valence-corrected chi connectivity index (χ0v) is 20.1. The van der Waals surface area contributed by atoms with Gasteiger partial charge in [-0.15, -0.1) is 0 Å². The highest BCUT2D eigenvalue weighted by molar-refractivity contribution is 6.30. The van der Waals surface area contributed by atoms with Crippen LogP contribution in [0, 0.1) is 5.92 Å². The van der Waals surface area contributed by atoms with Crippen molar-refractivity contribution in [3.8, 4) is 11.5 Å². The van der Waals surface area contributed by atoms with Gasteiger partial charge in [-0.25, -0.2) is 5.43 Å². The molecule has 0 aliphatic rings. The number of nitrogens with one attached hydrogen (secondary N) is 2. The summed E-state index contributed by atoms with van der Waals surface area (Å²) < 4.78 is 10.9. The van der Waals surface area contributed by atoms with E-state index in [1.54, 1.807) is 37.6 Å². The number of carbonyl (C=O) groups is 2. The van der Waals surface area contributed by atoms with Crippen LogP contribution in [0.4, 0.5) is 0 Å². The molecule has 2 N–H and O–H groups in total. The van der Waals surface area contributed by atoms with Crippen LogP contribution in [0.15, 0.2) is 65.8 Å². The van der Waals surface area contributed by atoms with Crippen LogP contribution >= 0.6 is 11.6 Å². The van der Waals surface area contributed by atoms with E-state index in [4.69, 9.17) is 21.1 Å². The molecule has 0 radical (unpaired) electrons. The van der Waals surface area contributed by atoms with E-state index in [0.29, 0.717) is 17.2 Å². The van der Waals surface area contributed by atoms with Crippen LogP contribution in [0.3, 0.4) is 0 Å². The van der Waals surface area contributed by atoms with Crippen molar-refractivity contribution in [2.24, 2.45) is 11.0 Å². The zero-order valence-electron chi connectivity index (χ0n) is 19.4. The maximum absolute atomic E-state index is 12.8. The van der Waals surface area contributed by atoms with Gasteiger partial charge < -0.3 is 14.8 Å². The molecule has 3 aromatic rings. The number of benzene rings is 3. The Morgan fingerprint density at radius 1 is 1.03 bits per heavy atom. The molecule has 0 saturated carbocycles. The van der Waals surface area contributed by atoms with E-state index in [-0.39, 0.29) is 12.5 Å².